The molecule has 0 bridgehead atoms. The Bertz CT molecular complexity index is 1850. The first kappa shape index (κ1) is 25.6. The summed E-state index contributed by atoms with van der Waals surface area (Å²) in [6.07, 6.45) is 6.59. The van der Waals surface area contributed by atoms with Gasteiger partial charge in [0.1, 0.15) is 17.4 Å². The summed E-state index contributed by atoms with van der Waals surface area (Å²) in [5, 5.41) is 17.6. The van der Waals surface area contributed by atoms with Crippen LogP contribution in [0.25, 0.3) is 27.8 Å². The van der Waals surface area contributed by atoms with Gasteiger partial charge in [0.05, 0.1) is 34.5 Å². The van der Waals surface area contributed by atoms with Gasteiger partial charge in [0, 0.05) is 41.7 Å². The predicted octanol–water partition coefficient (Wildman–Crippen LogP) is 6.30. The van der Waals surface area contributed by atoms with Gasteiger partial charge < -0.3 is 10.1 Å². The highest BCUT2D eigenvalue weighted by Gasteiger charge is 2.17. The van der Waals surface area contributed by atoms with Gasteiger partial charge in [-0.1, -0.05) is 19.9 Å². The molecule has 6 rings (SSSR count). The molecule has 0 saturated heterocycles. The molecule has 4 aromatic heterocycles. The van der Waals surface area contributed by atoms with E-state index in [0.717, 1.165) is 27.8 Å². The number of rotatable bonds is 7. The van der Waals surface area contributed by atoms with E-state index in [-0.39, 0.29) is 23.4 Å². The number of hydrogen-bond acceptors (Lipinski definition) is 7. The third kappa shape index (κ3) is 5.57. The van der Waals surface area contributed by atoms with Crippen molar-refractivity contribution in [1.82, 2.24) is 34.9 Å². The van der Waals surface area contributed by atoms with E-state index in [9.17, 15) is 9.18 Å². The van der Waals surface area contributed by atoms with Gasteiger partial charge in [-0.15, -0.1) is 0 Å². The first-order valence-corrected chi connectivity index (χ1v) is 12.8. The molecule has 204 valence electrons. The lowest BCUT2D eigenvalue weighted by atomic mass is 10.1. The molecule has 41 heavy (non-hydrogen) atoms. The number of H-pyrrole nitrogens is 1. The van der Waals surface area contributed by atoms with Crippen molar-refractivity contribution in [2.24, 2.45) is 0 Å². The smallest absolute Gasteiger partial charge is 0.324 e. The summed E-state index contributed by atoms with van der Waals surface area (Å²) in [5.41, 5.74) is 3.64. The maximum absolute atomic E-state index is 14.7. The monoisotopic (exact) mass is 549 g/mol. The molecule has 0 spiro atoms. The van der Waals surface area contributed by atoms with Crippen molar-refractivity contribution in [3.8, 4) is 28.7 Å². The van der Waals surface area contributed by atoms with Gasteiger partial charge in [0.15, 0.2) is 0 Å². The Morgan fingerprint density at radius 3 is 2.76 bits per heavy atom. The van der Waals surface area contributed by atoms with Gasteiger partial charge >= 0.3 is 12.0 Å². The fraction of sp³-hybridized carbons (Fsp3) is 0.103. The van der Waals surface area contributed by atoms with Gasteiger partial charge in [0.25, 0.3) is 0 Å². The second-order valence-electron chi connectivity index (χ2n) is 9.44. The topological polar surface area (TPSA) is 136 Å². The number of amides is 2. The minimum atomic E-state index is -0.654. The second kappa shape index (κ2) is 10.8. The zero-order valence-electron chi connectivity index (χ0n) is 22.0. The number of carbonyl (C=O) groups is 1. The molecule has 0 unspecified atom stereocenters. The van der Waals surface area contributed by atoms with E-state index in [4.69, 9.17) is 9.84 Å². The third-order valence-electron chi connectivity index (χ3n) is 6.22. The summed E-state index contributed by atoms with van der Waals surface area (Å²) in [7, 11) is 0. The number of halogens is 1. The Hall–Kier alpha value is -5.65. The van der Waals surface area contributed by atoms with Crippen LogP contribution in [0.15, 0.2) is 85.5 Å². The summed E-state index contributed by atoms with van der Waals surface area (Å²) in [6, 6.07) is 16.4. The molecule has 0 aliphatic rings. The Kier molecular flexibility index (Phi) is 6.78. The van der Waals surface area contributed by atoms with Crippen molar-refractivity contribution in [2.75, 3.05) is 10.6 Å². The number of urea groups is 1. The third-order valence-corrected chi connectivity index (χ3v) is 6.22. The lowest BCUT2D eigenvalue weighted by Crippen LogP contribution is -2.22. The van der Waals surface area contributed by atoms with Crippen LogP contribution in [0.4, 0.5) is 20.7 Å². The number of aromatic nitrogens is 7. The van der Waals surface area contributed by atoms with Gasteiger partial charge in [-0.25, -0.2) is 18.9 Å². The fourth-order valence-electron chi connectivity index (χ4n) is 4.14. The molecule has 11 nitrogen and oxygen atoms in total. The van der Waals surface area contributed by atoms with Crippen LogP contribution in [0.5, 0.6) is 11.8 Å². The van der Waals surface area contributed by atoms with Crippen molar-refractivity contribution in [3.63, 3.8) is 0 Å². The Balaban J connectivity index is 1.22. The van der Waals surface area contributed by atoms with E-state index in [0.29, 0.717) is 11.5 Å². The highest BCUT2D eigenvalue weighted by molar-refractivity contribution is 5.99. The molecule has 12 heteroatoms. The molecule has 6 aromatic rings. The fourth-order valence-corrected chi connectivity index (χ4v) is 4.14. The minimum absolute atomic E-state index is 0.0569. The lowest BCUT2D eigenvalue weighted by molar-refractivity contribution is 0.262. The number of ether oxygens (including phenoxy) is 1. The van der Waals surface area contributed by atoms with Crippen LogP contribution in [0.1, 0.15) is 25.5 Å². The highest BCUT2D eigenvalue weighted by Crippen LogP contribution is 2.27. The van der Waals surface area contributed by atoms with E-state index < -0.39 is 11.8 Å². The van der Waals surface area contributed by atoms with E-state index in [1.807, 2.05) is 44.2 Å². The number of nitrogens with one attached hydrogen (secondary N) is 3. The van der Waals surface area contributed by atoms with Crippen LogP contribution >= 0.6 is 0 Å². The molecular weight excluding hydrogens is 525 g/mol. The SMILES string of the molecule is CC(C)c1cc(NC(=O)Nc2cc(Oc3nccc(-c4cn[nH]c4)n3)ccc2F)n(-c2ccc3ncccc3c2)n1. The molecule has 0 radical (unpaired) electrons. The summed E-state index contributed by atoms with van der Waals surface area (Å²) < 4.78 is 22.1. The summed E-state index contributed by atoms with van der Waals surface area (Å²) in [4.78, 5) is 25.9. The standard InChI is InChI=1S/C29H24FN9O2/c1-17(2)25-14-27(39(38-25)20-5-8-23-18(12-20)4-3-10-31-23)37-28(40)35-26-13-21(6-7-22(26)30)41-29-32-11-9-24(36-29)19-15-33-34-16-19/h3-17H,1-2H3,(H,33,34)(H2,35,37,40). The number of benzene rings is 2. The van der Waals surface area contributed by atoms with Crippen LogP contribution in [0.2, 0.25) is 0 Å². The Morgan fingerprint density at radius 1 is 1.02 bits per heavy atom. The normalized spacial score (nSPS) is 11.1. The quantitative estimate of drug-likeness (QED) is 0.213. The summed E-state index contributed by atoms with van der Waals surface area (Å²) in [5.74, 6) is 0.135. The molecule has 0 saturated carbocycles. The van der Waals surface area contributed by atoms with Crippen LogP contribution in [0.3, 0.4) is 0 Å². The van der Waals surface area contributed by atoms with E-state index in [2.05, 4.69) is 35.8 Å². The molecule has 2 amide bonds. The number of pyridine rings is 1. The Morgan fingerprint density at radius 2 is 1.93 bits per heavy atom. The van der Waals surface area contributed by atoms with Crippen molar-refractivity contribution >= 4 is 28.4 Å². The first-order chi connectivity index (χ1) is 19.9. The number of carbonyl (C=O) groups excluding carboxylic acids is 1. The number of fused-ring (bicyclic) bond motifs is 1. The van der Waals surface area contributed by atoms with Crippen LogP contribution < -0.4 is 15.4 Å². The number of aromatic amines is 1. The van der Waals surface area contributed by atoms with E-state index in [1.54, 1.807) is 41.6 Å². The summed E-state index contributed by atoms with van der Waals surface area (Å²) >= 11 is 0. The molecule has 0 atom stereocenters. The van der Waals surface area contributed by atoms with Crippen molar-refractivity contribution in [1.29, 1.82) is 0 Å². The van der Waals surface area contributed by atoms with E-state index >= 15 is 0 Å². The molecule has 0 aliphatic heterocycles. The van der Waals surface area contributed by atoms with Crippen LogP contribution in [-0.2, 0) is 0 Å². The molecule has 3 N–H and O–H groups in total. The molecule has 0 fully saturated rings. The Labute approximate surface area is 233 Å². The maximum atomic E-state index is 14.7. The molecule has 4 heterocycles. The molecule has 0 aliphatic carbocycles. The largest absolute Gasteiger partial charge is 0.424 e. The summed E-state index contributed by atoms with van der Waals surface area (Å²) in [6.45, 7) is 4.02. The van der Waals surface area contributed by atoms with Gasteiger partial charge in [-0.3, -0.25) is 15.4 Å². The molecule has 2 aromatic carbocycles. The number of anilines is 2. The van der Waals surface area contributed by atoms with Crippen LogP contribution in [-0.4, -0.2) is 41.0 Å². The van der Waals surface area contributed by atoms with Crippen molar-refractivity contribution < 1.29 is 13.9 Å². The predicted molar refractivity (Wildman–Crippen MR) is 152 cm³/mol. The number of nitrogens with zero attached hydrogens (tertiary/aromatic N) is 6. The second-order valence-corrected chi connectivity index (χ2v) is 9.44. The maximum Gasteiger partial charge on any atom is 0.324 e. The van der Waals surface area contributed by atoms with Crippen LogP contribution in [0, 0.1) is 5.82 Å². The zero-order chi connectivity index (χ0) is 28.3. The lowest BCUT2D eigenvalue weighted by Gasteiger charge is -2.12. The van der Waals surface area contributed by atoms with Crippen molar-refractivity contribution in [2.45, 2.75) is 19.8 Å². The molecular formula is C29H24FN9O2. The van der Waals surface area contributed by atoms with Crippen molar-refractivity contribution in [3.05, 3.63) is 97.0 Å². The minimum Gasteiger partial charge on any atom is -0.424 e. The van der Waals surface area contributed by atoms with Gasteiger partial charge in [0.2, 0.25) is 0 Å². The van der Waals surface area contributed by atoms with Gasteiger partial charge in [-0.2, -0.15) is 15.2 Å². The highest BCUT2D eigenvalue weighted by atomic mass is 19.1. The first-order valence-electron chi connectivity index (χ1n) is 12.8. The number of hydrogen-bond donors (Lipinski definition) is 3. The average molecular weight is 550 g/mol. The van der Waals surface area contributed by atoms with Gasteiger partial charge in [-0.05, 0) is 48.4 Å². The average Bonchev–Trinajstić information content (AvgIpc) is 3.66. The van der Waals surface area contributed by atoms with E-state index in [1.165, 1.54) is 18.2 Å². The zero-order valence-corrected chi connectivity index (χ0v) is 22.0.